The predicted molar refractivity (Wildman–Crippen MR) is 283 cm³/mol. The van der Waals surface area contributed by atoms with Gasteiger partial charge in [-0.25, -0.2) is 9.97 Å². The molecular formula is C64H40N4. The van der Waals surface area contributed by atoms with Crippen LogP contribution in [0.3, 0.4) is 0 Å². The Bertz CT molecular complexity index is 4060. The van der Waals surface area contributed by atoms with E-state index < -0.39 is 0 Å². The first-order chi connectivity index (χ1) is 33.7. The Morgan fingerprint density at radius 2 is 0.676 bits per heavy atom. The standard InChI is InChI=1S/C64H40N4/c1-3-17-41(18-4-1)45-33-34-49-51(38-45)64(60-30-16-28-58(68-60)56-26-12-14-36-66-56)53-39-50-47-23-9-10-24-48(47)62(46-32-31-42-19-7-8-22-44(42)37-46)61(43-20-5-2-6-21-43)52(50)40-54(53)63(49)59-29-15-27-57(67-59)55-25-11-13-35-65-55/h1-40H. The van der Waals surface area contributed by atoms with Gasteiger partial charge in [-0.2, -0.15) is 0 Å². The number of aromatic nitrogens is 4. The van der Waals surface area contributed by atoms with Crippen LogP contribution in [0.15, 0.2) is 243 Å². The van der Waals surface area contributed by atoms with E-state index in [1.807, 2.05) is 48.8 Å². The molecule has 4 nitrogen and oxygen atoms in total. The van der Waals surface area contributed by atoms with Crippen molar-refractivity contribution in [1.29, 1.82) is 0 Å². The second-order valence-electron chi connectivity index (χ2n) is 17.3. The lowest BCUT2D eigenvalue weighted by atomic mass is 9.81. The summed E-state index contributed by atoms with van der Waals surface area (Å²) in [5, 5.41) is 11.5. The Kier molecular flexibility index (Phi) is 9.47. The summed E-state index contributed by atoms with van der Waals surface area (Å²) < 4.78 is 0. The summed E-state index contributed by atoms with van der Waals surface area (Å²) in [6.07, 6.45) is 3.66. The van der Waals surface area contributed by atoms with Gasteiger partial charge in [0.05, 0.1) is 34.2 Å². The molecule has 9 aromatic carbocycles. The zero-order valence-electron chi connectivity index (χ0n) is 36.9. The predicted octanol–water partition coefficient (Wildman–Crippen LogP) is 16.7. The van der Waals surface area contributed by atoms with Crippen molar-refractivity contribution in [2.24, 2.45) is 0 Å². The van der Waals surface area contributed by atoms with Crippen molar-refractivity contribution in [2.75, 3.05) is 0 Å². The summed E-state index contributed by atoms with van der Waals surface area (Å²) in [6, 6.07) is 82.3. The molecule has 0 atom stereocenters. The molecule has 13 rings (SSSR count). The molecule has 0 aliphatic carbocycles. The van der Waals surface area contributed by atoms with Crippen molar-refractivity contribution in [3.8, 4) is 78.7 Å². The first kappa shape index (κ1) is 39.3. The maximum absolute atomic E-state index is 5.47. The van der Waals surface area contributed by atoms with E-state index in [-0.39, 0.29) is 0 Å². The molecule has 0 fully saturated rings. The SMILES string of the molecule is c1ccc(-c2ccc3c(-c4cccc(-c5ccccn5)n4)c4cc5c(-c6ccccc6)c(-c6ccc7ccccc7c6)c6ccccc6c5cc4c(-c4cccc(-c5ccccn5)n4)c3c2)cc1. The van der Waals surface area contributed by atoms with Gasteiger partial charge in [0, 0.05) is 23.5 Å². The van der Waals surface area contributed by atoms with E-state index in [0.717, 1.165) is 88.9 Å². The monoisotopic (exact) mass is 864 g/mol. The molecule has 0 aliphatic rings. The Balaban J connectivity index is 1.23. The van der Waals surface area contributed by atoms with E-state index in [0.29, 0.717) is 0 Å². The summed E-state index contributed by atoms with van der Waals surface area (Å²) in [7, 11) is 0. The third-order valence-electron chi connectivity index (χ3n) is 13.3. The Hall–Kier alpha value is -9.12. The number of hydrogen-bond acceptors (Lipinski definition) is 4. The van der Waals surface area contributed by atoms with Crippen molar-refractivity contribution >= 4 is 53.9 Å². The molecule has 0 aliphatic heterocycles. The highest BCUT2D eigenvalue weighted by atomic mass is 14.8. The number of rotatable bonds is 7. The van der Waals surface area contributed by atoms with Crippen LogP contribution in [0, 0.1) is 0 Å². The molecule has 0 N–H and O–H groups in total. The molecule has 0 spiro atoms. The molecule has 13 aromatic rings. The zero-order chi connectivity index (χ0) is 45.0. The van der Waals surface area contributed by atoms with Gasteiger partial charge in [0.15, 0.2) is 0 Å². The minimum Gasteiger partial charge on any atom is -0.255 e. The van der Waals surface area contributed by atoms with Gasteiger partial charge >= 0.3 is 0 Å². The van der Waals surface area contributed by atoms with Gasteiger partial charge in [0.2, 0.25) is 0 Å². The van der Waals surface area contributed by atoms with Crippen molar-refractivity contribution in [1.82, 2.24) is 19.9 Å². The van der Waals surface area contributed by atoms with E-state index in [9.17, 15) is 0 Å². The quantitative estimate of drug-likeness (QED) is 0.118. The van der Waals surface area contributed by atoms with Gasteiger partial charge < -0.3 is 0 Å². The van der Waals surface area contributed by atoms with Crippen LogP contribution in [-0.4, -0.2) is 19.9 Å². The van der Waals surface area contributed by atoms with E-state index in [1.165, 1.54) is 43.6 Å². The first-order valence-corrected chi connectivity index (χ1v) is 23.0. The molecule has 4 heterocycles. The van der Waals surface area contributed by atoms with Crippen molar-refractivity contribution in [2.45, 2.75) is 0 Å². The smallest absolute Gasteiger partial charge is 0.0893 e. The lowest BCUT2D eigenvalue weighted by molar-refractivity contribution is 1.25. The largest absolute Gasteiger partial charge is 0.255 e. The molecule has 316 valence electrons. The highest BCUT2D eigenvalue weighted by Gasteiger charge is 2.24. The fourth-order valence-electron chi connectivity index (χ4n) is 10.3. The number of pyridine rings is 4. The fourth-order valence-corrected chi connectivity index (χ4v) is 10.3. The Labute approximate surface area is 393 Å². The van der Waals surface area contributed by atoms with Gasteiger partial charge in [-0.15, -0.1) is 0 Å². The second kappa shape index (κ2) is 16.4. The molecule has 0 radical (unpaired) electrons. The Morgan fingerprint density at radius 3 is 1.34 bits per heavy atom. The average molecular weight is 865 g/mol. The lowest BCUT2D eigenvalue weighted by Gasteiger charge is -2.22. The van der Waals surface area contributed by atoms with Crippen molar-refractivity contribution in [3.63, 3.8) is 0 Å². The van der Waals surface area contributed by atoms with Crippen LogP contribution in [-0.2, 0) is 0 Å². The highest BCUT2D eigenvalue weighted by Crippen LogP contribution is 2.50. The molecule has 0 unspecified atom stereocenters. The van der Waals surface area contributed by atoms with Crippen molar-refractivity contribution < 1.29 is 0 Å². The van der Waals surface area contributed by atoms with E-state index >= 15 is 0 Å². The fraction of sp³-hybridized carbons (Fsp3) is 0. The van der Waals surface area contributed by atoms with E-state index in [4.69, 9.17) is 19.9 Å². The van der Waals surface area contributed by atoms with Crippen molar-refractivity contribution in [3.05, 3.63) is 243 Å². The highest BCUT2D eigenvalue weighted by molar-refractivity contribution is 6.29. The molecule has 0 saturated heterocycles. The van der Waals surface area contributed by atoms with Gasteiger partial charge in [-0.3, -0.25) is 9.97 Å². The maximum Gasteiger partial charge on any atom is 0.0893 e. The number of fused-ring (bicyclic) bond motifs is 6. The van der Waals surface area contributed by atoms with Gasteiger partial charge in [-0.1, -0.05) is 158 Å². The number of nitrogens with zero attached hydrogens (tertiary/aromatic N) is 4. The molecule has 0 bridgehead atoms. The normalized spacial score (nSPS) is 11.5. The minimum atomic E-state index is 0.814. The lowest BCUT2D eigenvalue weighted by Crippen LogP contribution is -1.98. The second-order valence-corrected chi connectivity index (χ2v) is 17.3. The summed E-state index contributed by atoms with van der Waals surface area (Å²) >= 11 is 0. The van der Waals surface area contributed by atoms with Crippen LogP contribution < -0.4 is 0 Å². The van der Waals surface area contributed by atoms with Gasteiger partial charge in [0.25, 0.3) is 0 Å². The van der Waals surface area contributed by atoms with Crippen LogP contribution in [0.2, 0.25) is 0 Å². The molecule has 4 heteroatoms. The van der Waals surface area contributed by atoms with E-state index in [2.05, 4.69) is 194 Å². The molecule has 0 amide bonds. The summed E-state index contributed by atoms with van der Waals surface area (Å²) in [5.41, 5.74) is 14.1. The molecular weight excluding hydrogens is 825 g/mol. The number of hydrogen-bond donors (Lipinski definition) is 0. The topological polar surface area (TPSA) is 51.6 Å². The Morgan fingerprint density at radius 1 is 0.206 bits per heavy atom. The molecule has 0 saturated carbocycles. The third-order valence-corrected chi connectivity index (χ3v) is 13.3. The third kappa shape index (κ3) is 6.69. The first-order valence-electron chi connectivity index (χ1n) is 23.0. The van der Waals surface area contributed by atoms with Crippen LogP contribution in [0.4, 0.5) is 0 Å². The maximum atomic E-state index is 5.47. The van der Waals surface area contributed by atoms with Crippen LogP contribution >= 0.6 is 0 Å². The van der Waals surface area contributed by atoms with Crippen LogP contribution in [0.5, 0.6) is 0 Å². The van der Waals surface area contributed by atoms with Gasteiger partial charge in [0.1, 0.15) is 0 Å². The zero-order valence-corrected chi connectivity index (χ0v) is 36.9. The van der Waals surface area contributed by atoms with Gasteiger partial charge in [-0.05, 0) is 160 Å². The molecule has 68 heavy (non-hydrogen) atoms. The minimum absolute atomic E-state index is 0.814. The van der Waals surface area contributed by atoms with Crippen LogP contribution in [0.25, 0.3) is 133 Å². The number of benzene rings is 9. The average Bonchev–Trinajstić information content (AvgIpc) is 3.42. The van der Waals surface area contributed by atoms with E-state index in [1.54, 1.807) is 0 Å². The molecule has 4 aromatic heterocycles. The van der Waals surface area contributed by atoms with Crippen LogP contribution in [0.1, 0.15) is 0 Å². The summed E-state index contributed by atoms with van der Waals surface area (Å²) in [6.45, 7) is 0. The summed E-state index contributed by atoms with van der Waals surface area (Å²) in [4.78, 5) is 20.4. The summed E-state index contributed by atoms with van der Waals surface area (Å²) in [5.74, 6) is 0.